The molecule has 0 aromatic carbocycles. The van der Waals surface area contributed by atoms with E-state index in [1.54, 1.807) is 0 Å². The van der Waals surface area contributed by atoms with Crippen LogP contribution in [0.1, 0.15) is 7.43 Å². The van der Waals surface area contributed by atoms with Gasteiger partial charge in [-0.1, -0.05) is 7.43 Å². The van der Waals surface area contributed by atoms with Crippen LogP contribution in [0.5, 0.6) is 0 Å². The molecule has 0 bridgehead atoms. The second-order valence-electron chi connectivity index (χ2n) is 0.848. The fourth-order valence-corrected chi connectivity index (χ4v) is 0. The Balaban J connectivity index is -0.0000000450. The second kappa shape index (κ2) is 18.3. The lowest BCUT2D eigenvalue weighted by Crippen LogP contribution is -1.38. The Kier molecular flexibility index (Phi) is 32.8. The molecule has 0 spiro atoms. The maximum absolute atomic E-state index is 8.74. The zero-order valence-corrected chi connectivity index (χ0v) is 8.41. The molecule has 0 saturated carbocycles. The van der Waals surface area contributed by atoms with Gasteiger partial charge >= 0.3 is 24.8 Å². The van der Waals surface area contributed by atoms with Crippen molar-refractivity contribution in [3.63, 3.8) is 0 Å². The van der Waals surface area contributed by atoms with E-state index in [1.807, 2.05) is 0 Å². The van der Waals surface area contributed by atoms with Crippen molar-refractivity contribution in [2.45, 2.75) is 7.43 Å². The fourth-order valence-electron chi connectivity index (χ4n) is 0. The Bertz CT molecular complexity index is 112. The van der Waals surface area contributed by atoms with Crippen LogP contribution < -0.4 is 0 Å². The fraction of sp³-hybridized carbons (Fsp3) is 1.00. The molecule has 0 saturated heterocycles. The lowest BCUT2D eigenvalue weighted by Gasteiger charge is -1.61. The second-order valence-corrected chi connectivity index (χ2v) is 2.54. The third-order valence-corrected chi connectivity index (χ3v) is 0. The standard InChI is InChI=1S/CH4.3H3O3P/c;3*1-4(2)3/h1H4;3*4H,(H2,1,2,3). The minimum absolute atomic E-state index is 0. The predicted octanol–water partition coefficient (Wildman–Crippen LogP) is -1.28. The molecular weight excluding hydrogens is 249 g/mol. The van der Waals surface area contributed by atoms with E-state index in [1.165, 1.54) is 0 Å². The van der Waals surface area contributed by atoms with Crippen LogP contribution in [0.15, 0.2) is 0 Å². The highest BCUT2D eigenvalue weighted by atomic mass is 31.1. The van der Waals surface area contributed by atoms with Crippen LogP contribution in [-0.4, -0.2) is 29.4 Å². The van der Waals surface area contributed by atoms with Gasteiger partial charge in [-0.25, -0.2) is 0 Å². The topological polar surface area (TPSA) is 173 Å². The smallest absolute Gasteiger partial charge is 0.314 e. The SMILES string of the molecule is C.O=[PH](O)O.O=[PH](O)O.O=[PH](O)O. The third kappa shape index (κ3) is 6710. The van der Waals surface area contributed by atoms with E-state index in [0.29, 0.717) is 0 Å². The van der Waals surface area contributed by atoms with Crippen molar-refractivity contribution in [3.8, 4) is 0 Å². The van der Waals surface area contributed by atoms with Gasteiger partial charge in [-0.3, -0.25) is 13.7 Å². The molecule has 13 heavy (non-hydrogen) atoms. The highest BCUT2D eigenvalue weighted by Crippen LogP contribution is 1.99. The summed E-state index contributed by atoms with van der Waals surface area (Å²) in [6.07, 6.45) is 0. The van der Waals surface area contributed by atoms with E-state index >= 15 is 0 Å². The quantitative estimate of drug-likeness (QED) is 0.290. The molecule has 0 radical (unpaired) electrons. The van der Waals surface area contributed by atoms with Gasteiger partial charge in [0, 0.05) is 0 Å². The lowest BCUT2D eigenvalue weighted by atomic mass is 12.0. The Morgan fingerprint density at radius 1 is 0.538 bits per heavy atom. The summed E-state index contributed by atoms with van der Waals surface area (Å²) in [6.45, 7) is 0. The van der Waals surface area contributed by atoms with Gasteiger partial charge in [0.05, 0.1) is 0 Å². The van der Waals surface area contributed by atoms with E-state index < -0.39 is 24.8 Å². The van der Waals surface area contributed by atoms with Gasteiger partial charge < -0.3 is 29.4 Å². The van der Waals surface area contributed by atoms with Crippen LogP contribution in [0.2, 0.25) is 0 Å². The van der Waals surface area contributed by atoms with Gasteiger partial charge in [0.2, 0.25) is 0 Å². The van der Waals surface area contributed by atoms with E-state index in [9.17, 15) is 0 Å². The molecule has 0 aromatic rings. The van der Waals surface area contributed by atoms with Crippen molar-refractivity contribution in [2.75, 3.05) is 0 Å². The molecule has 0 unspecified atom stereocenters. The van der Waals surface area contributed by atoms with Crippen molar-refractivity contribution in [3.05, 3.63) is 0 Å². The van der Waals surface area contributed by atoms with Gasteiger partial charge in [0.15, 0.2) is 0 Å². The van der Waals surface area contributed by atoms with Crippen LogP contribution in [0.3, 0.4) is 0 Å². The number of hydrogen-bond acceptors (Lipinski definition) is 3. The Morgan fingerprint density at radius 2 is 0.538 bits per heavy atom. The summed E-state index contributed by atoms with van der Waals surface area (Å²) in [5, 5.41) is 0. The van der Waals surface area contributed by atoms with Crippen molar-refractivity contribution in [2.24, 2.45) is 0 Å². The molecule has 0 aliphatic heterocycles. The molecule has 0 atom stereocenters. The molecule has 9 nitrogen and oxygen atoms in total. The first-order valence-corrected chi connectivity index (χ1v) is 5.86. The molecule has 12 heteroatoms. The molecule has 0 aromatic heterocycles. The Morgan fingerprint density at radius 3 is 0.538 bits per heavy atom. The molecule has 6 N–H and O–H groups in total. The van der Waals surface area contributed by atoms with Gasteiger partial charge in [-0.05, 0) is 0 Å². The third-order valence-electron chi connectivity index (χ3n) is 0. The van der Waals surface area contributed by atoms with E-state index in [4.69, 9.17) is 43.1 Å². The number of rotatable bonds is 0. The Hall–Kier alpha value is 0.450. The molecule has 0 aliphatic carbocycles. The van der Waals surface area contributed by atoms with E-state index in [2.05, 4.69) is 0 Å². The van der Waals surface area contributed by atoms with Crippen molar-refractivity contribution < 1.29 is 43.1 Å². The minimum atomic E-state index is -3.13. The zero-order valence-electron chi connectivity index (χ0n) is 5.41. The molecule has 0 heterocycles. The maximum atomic E-state index is 8.74. The summed E-state index contributed by atoms with van der Waals surface area (Å²) < 4.78 is 26.2. The molecule has 0 fully saturated rings. The highest BCUT2D eigenvalue weighted by molar-refractivity contribution is 7.31. The molecule has 0 amide bonds. The van der Waals surface area contributed by atoms with Crippen LogP contribution >= 0.6 is 24.8 Å². The molecular formula is CH13O9P3. The van der Waals surface area contributed by atoms with Crippen molar-refractivity contribution >= 4 is 24.8 Å². The summed E-state index contributed by atoms with van der Waals surface area (Å²) in [6, 6.07) is 0. The first-order chi connectivity index (χ1) is 5.20. The van der Waals surface area contributed by atoms with Crippen molar-refractivity contribution in [1.82, 2.24) is 0 Å². The summed E-state index contributed by atoms with van der Waals surface area (Å²) in [5.41, 5.74) is 0. The summed E-state index contributed by atoms with van der Waals surface area (Å²) in [5.74, 6) is 0. The normalized spacial score (nSPS) is 8.08. The molecule has 0 rings (SSSR count). The largest absolute Gasteiger partial charge is 0.326 e. The maximum Gasteiger partial charge on any atom is 0.314 e. The van der Waals surface area contributed by atoms with Crippen LogP contribution in [0.25, 0.3) is 0 Å². The van der Waals surface area contributed by atoms with Crippen molar-refractivity contribution in [1.29, 1.82) is 0 Å². The summed E-state index contributed by atoms with van der Waals surface area (Å²) in [4.78, 5) is 42.9. The van der Waals surface area contributed by atoms with E-state index in [0.717, 1.165) is 0 Å². The highest BCUT2D eigenvalue weighted by Gasteiger charge is 1.62. The van der Waals surface area contributed by atoms with Crippen LogP contribution in [-0.2, 0) is 13.7 Å². The summed E-state index contributed by atoms with van der Waals surface area (Å²) >= 11 is 0. The Labute approximate surface area is 76.2 Å². The molecule has 0 aliphatic rings. The lowest BCUT2D eigenvalue weighted by molar-refractivity contribution is 0.403. The average molecular weight is 262 g/mol. The average Bonchev–Trinajstić information content (AvgIpc) is 1.54. The predicted molar refractivity (Wildman–Crippen MR) is 47.0 cm³/mol. The van der Waals surface area contributed by atoms with Gasteiger partial charge in [0.1, 0.15) is 0 Å². The first-order valence-electron chi connectivity index (χ1n) is 1.95. The monoisotopic (exact) mass is 262 g/mol. The van der Waals surface area contributed by atoms with Gasteiger partial charge in [0.25, 0.3) is 0 Å². The van der Waals surface area contributed by atoms with Crippen LogP contribution in [0.4, 0.5) is 0 Å². The van der Waals surface area contributed by atoms with Crippen LogP contribution in [0, 0.1) is 0 Å². The van der Waals surface area contributed by atoms with E-state index in [-0.39, 0.29) is 7.43 Å². The minimum Gasteiger partial charge on any atom is -0.326 e. The van der Waals surface area contributed by atoms with Gasteiger partial charge in [-0.2, -0.15) is 0 Å². The number of hydrogen-bond donors (Lipinski definition) is 6. The first kappa shape index (κ1) is 23.3. The van der Waals surface area contributed by atoms with Gasteiger partial charge in [-0.15, -0.1) is 0 Å². The summed E-state index contributed by atoms with van der Waals surface area (Å²) in [7, 11) is -9.39. The molecule has 86 valence electrons. The zero-order chi connectivity index (χ0) is 10.7.